The highest BCUT2D eigenvalue weighted by Gasteiger charge is 2.18. The molecule has 13 heavy (non-hydrogen) atoms. The molecule has 1 heteroatoms. The zero-order valence-electron chi connectivity index (χ0n) is 9.05. The third kappa shape index (κ3) is 3.51. The largest absolute Gasteiger partial charge is 0.319 e. The van der Waals surface area contributed by atoms with Gasteiger partial charge in [0, 0.05) is 0 Å². The summed E-state index contributed by atoms with van der Waals surface area (Å²) < 4.78 is 0. The molecule has 1 aliphatic rings. The molecule has 0 bridgehead atoms. The first kappa shape index (κ1) is 10.8. The molecular weight excluding hydrogens is 158 g/mol. The van der Waals surface area contributed by atoms with Crippen molar-refractivity contribution in [3.63, 3.8) is 0 Å². The quantitative estimate of drug-likeness (QED) is 0.643. The first-order chi connectivity index (χ1) is 6.38. The summed E-state index contributed by atoms with van der Waals surface area (Å²) in [5.74, 6) is 1.72. The minimum atomic E-state index is 0.848. The topological polar surface area (TPSA) is 12.0 Å². The second-order valence-corrected chi connectivity index (χ2v) is 4.13. The van der Waals surface area contributed by atoms with Gasteiger partial charge in [-0.3, -0.25) is 0 Å². The minimum Gasteiger partial charge on any atom is -0.319 e. The molecule has 0 spiro atoms. The molecule has 0 aromatic carbocycles. The van der Waals surface area contributed by atoms with Crippen LogP contribution in [0.3, 0.4) is 0 Å². The lowest BCUT2D eigenvalue weighted by atomic mass is 9.82. The Bertz CT molecular complexity index is 145. The summed E-state index contributed by atoms with van der Waals surface area (Å²) >= 11 is 0. The van der Waals surface area contributed by atoms with E-state index in [1.165, 1.54) is 38.6 Å². The molecule has 0 radical (unpaired) electrons. The van der Waals surface area contributed by atoms with Crippen molar-refractivity contribution in [1.82, 2.24) is 5.32 Å². The van der Waals surface area contributed by atoms with Crippen molar-refractivity contribution in [2.45, 2.75) is 39.0 Å². The van der Waals surface area contributed by atoms with Crippen molar-refractivity contribution >= 4 is 0 Å². The van der Waals surface area contributed by atoms with E-state index in [-0.39, 0.29) is 0 Å². The smallest absolute Gasteiger partial charge is 0.00179 e. The van der Waals surface area contributed by atoms with Gasteiger partial charge in [0.25, 0.3) is 0 Å². The number of allylic oxidation sites excluding steroid dienone is 2. The first-order valence-electron chi connectivity index (χ1n) is 5.69. The molecule has 1 aliphatic carbocycles. The summed E-state index contributed by atoms with van der Waals surface area (Å²) in [6.45, 7) is 3.47. The monoisotopic (exact) mass is 181 g/mol. The standard InChI is InChI=1S/C12H23N/c1-3-7-12(10-13-2)11-8-5-4-6-9-11/h5,8,11-13H,3-4,6-7,9-10H2,1-2H3/t11-,12?/m0/s1. The highest BCUT2D eigenvalue weighted by Crippen LogP contribution is 2.27. The van der Waals surface area contributed by atoms with Crippen LogP contribution in [-0.2, 0) is 0 Å². The summed E-state index contributed by atoms with van der Waals surface area (Å²) in [4.78, 5) is 0. The second kappa shape index (κ2) is 6.20. The van der Waals surface area contributed by atoms with Crippen LogP contribution in [0.2, 0.25) is 0 Å². The molecule has 1 nitrogen and oxygen atoms in total. The van der Waals surface area contributed by atoms with Gasteiger partial charge in [-0.25, -0.2) is 0 Å². The van der Waals surface area contributed by atoms with Crippen LogP contribution in [-0.4, -0.2) is 13.6 Å². The average molecular weight is 181 g/mol. The maximum absolute atomic E-state index is 3.32. The van der Waals surface area contributed by atoms with Gasteiger partial charge in [0.1, 0.15) is 0 Å². The molecule has 76 valence electrons. The Hall–Kier alpha value is -0.300. The molecule has 0 saturated heterocycles. The van der Waals surface area contributed by atoms with Crippen LogP contribution in [0.15, 0.2) is 12.2 Å². The van der Waals surface area contributed by atoms with Gasteiger partial charge in [-0.1, -0.05) is 25.5 Å². The van der Waals surface area contributed by atoms with E-state index >= 15 is 0 Å². The van der Waals surface area contributed by atoms with E-state index in [0.29, 0.717) is 0 Å². The number of rotatable bonds is 5. The first-order valence-corrected chi connectivity index (χ1v) is 5.69. The molecule has 1 rings (SSSR count). The Morgan fingerprint density at radius 1 is 1.54 bits per heavy atom. The van der Waals surface area contributed by atoms with E-state index in [0.717, 1.165) is 11.8 Å². The summed E-state index contributed by atoms with van der Waals surface area (Å²) in [5, 5.41) is 3.32. The van der Waals surface area contributed by atoms with Crippen LogP contribution in [0.5, 0.6) is 0 Å². The SMILES string of the molecule is CCCC(CNC)[C@H]1C=CCCC1. The fraction of sp³-hybridized carbons (Fsp3) is 0.833. The van der Waals surface area contributed by atoms with Crippen LogP contribution in [0, 0.1) is 11.8 Å². The van der Waals surface area contributed by atoms with E-state index in [4.69, 9.17) is 0 Å². The molecule has 0 amide bonds. The van der Waals surface area contributed by atoms with Crippen LogP contribution >= 0.6 is 0 Å². The maximum atomic E-state index is 3.32. The van der Waals surface area contributed by atoms with E-state index in [1.54, 1.807) is 0 Å². The van der Waals surface area contributed by atoms with Gasteiger partial charge < -0.3 is 5.32 Å². The van der Waals surface area contributed by atoms with Crippen LogP contribution in [0.25, 0.3) is 0 Å². The number of hydrogen-bond donors (Lipinski definition) is 1. The highest BCUT2D eigenvalue weighted by atomic mass is 14.8. The van der Waals surface area contributed by atoms with Crippen molar-refractivity contribution in [2.24, 2.45) is 11.8 Å². The van der Waals surface area contributed by atoms with E-state index in [2.05, 4.69) is 31.4 Å². The lowest BCUT2D eigenvalue weighted by Gasteiger charge is -2.26. The molecule has 0 aliphatic heterocycles. The summed E-state index contributed by atoms with van der Waals surface area (Å²) in [6.07, 6.45) is 11.6. The molecule has 2 atom stereocenters. The molecule has 1 N–H and O–H groups in total. The van der Waals surface area contributed by atoms with Crippen molar-refractivity contribution in [2.75, 3.05) is 13.6 Å². The van der Waals surface area contributed by atoms with Gasteiger partial charge in [-0.15, -0.1) is 0 Å². The predicted molar refractivity (Wildman–Crippen MR) is 58.8 cm³/mol. The van der Waals surface area contributed by atoms with Crippen LogP contribution in [0.4, 0.5) is 0 Å². The van der Waals surface area contributed by atoms with Gasteiger partial charge in [-0.05, 0) is 51.1 Å². The second-order valence-electron chi connectivity index (χ2n) is 4.13. The molecule has 0 aromatic heterocycles. The third-order valence-electron chi connectivity index (χ3n) is 3.02. The van der Waals surface area contributed by atoms with Crippen LogP contribution in [0.1, 0.15) is 39.0 Å². The number of nitrogens with one attached hydrogen (secondary N) is 1. The summed E-state index contributed by atoms with van der Waals surface area (Å²) in [6, 6.07) is 0. The van der Waals surface area contributed by atoms with E-state index < -0.39 is 0 Å². The van der Waals surface area contributed by atoms with E-state index in [9.17, 15) is 0 Å². The minimum absolute atomic E-state index is 0.848. The van der Waals surface area contributed by atoms with Crippen molar-refractivity contribution in [1.29, 1.82) is 0 Å². The molecule has 0 aromatic rings. The lowest BCUT2D eigenvalue weighted by Crippen LogP contribution is -2.25. The fourth-order valence-electron chi connectivity index (χ4n) is 2.33. The normalized spacial score (nSPS) is 24.6. The third-order valence-corrected chi connectivity index (χ3v) is 3.02. The molecule has 0 fully saturated rings. The Balaban J connectivity index is 2.41. The summed E-state index contributed by atoms with van der Waals surface area (Å²) in [7, 11) is 2.06. The summed E-state index contributed by atoms with van der Waals surface area (Å²) in [5.41, 5.74) is 0. The zero-order chi connectivity index (χ0) is 9.52. The number of hydrogen-bond acceptors (Lipinski definition) is 1. The average Bonchev–Trinajstić information content (AvgIpc) is 2.19. The Morgan fingerprint density at radius 3 is 2.92 bits per heavy atom. The molecule has 1 unspecified atom stereocenters. The highest BCUT2D eigenvalue weighted by molar-refractivity contribution is 4.96. The van der Waals surface area contributed by atoms with Crippen LogP contribution < -0.4 is 5.32 Å². The van der Waals surface area contributed by atoms with Gasteiger partial charge in [0.2, 0.25) is 0 Å². The predicted octanol–water partition coefficient (Wildman–Crippen LogP) is 2.98. The van der Waals surface area contributed by atoms with Crippen molar-refractivity contribution < 1.29 is 0 Å². The lowest BCUT2D eigenvalue weighted by molar-refractivity contribution is 0.326. The van der Waals surface area contributed by atoms with Gasteiger partial charge >= 0.3 is 0 Å². The van der Waals surface area contributed by atoms with Gasteiger partial charge in [0.05, 0.1) is 0 Å². The Morgan fingerprint density at radius 2 is 2.38 bits per heavy atom. The molecule has 0 saturated carbocycles. The molecular formula is C12H23N. The maximum Gasteiger partial charge on any atom is -0.00179 e. The molecule has 0 heterocycles. The van der Waals surface area contributed by atoms with E-state index in [1.807, 2.05) is 0 Å². The Kier molecular flexibility index (Phi) is 5.14. The zero-order valence-corrected chi connectivity index (χ0v) is 9.05. The van der Waals surface area contributed by atoms with Crippen molar-refractivity contribution in [3.05, 3.63) is 12.2 Å². The fourth-order valence-corrected chi connectivity index (χ4v) is 2.33. The van der Waals surface area contributed by atoms with Gasteiger partial charge in [0.15, 0.2) is 0 Å². The van der Waals surface area contributed by atoms with Gasteiger partial charge in [-0.2, -0.15) is 0 Å². The van der Waals surface area contributed by atoms with Crippen molar-refractivity contribution in [3.8, 4) is 0 Å². The Labute approximate surface area is 82.6 Å².